The number of primary sulfonamides is 1. The largest absolute Gasteiger partial charge is 0.307 e. The van der Waals surface area contributed by atoms with Crippen molar-refractivity contribution >= 4 is 10.0 Å². The number of hydrogen-bond acceptors (Lipinski definition) is 4. The SMILES string of the molecule is CC(NC1CCN2CCC1C2)c1ccc(S(N)(=O)=O)cc1. The topological polar surface area (TPSA) is 75.4 Å². The van der Waals surface area contributed by atoms with Gasteiger partial charge in [0.05, 0.1) is 4.90 Å². The number of piperidine rings is 1. The molecular formula is C15H23N3O2S. The van der Waals surface area contributed by atoms with E-state index < -0.39 is 10.0 Å². The molecule has 2 aliphatic rings. The van der Waals surface area contributed by atoms with Crippen LogP contribution in [0.25, 0.3) is 0 Å². The number of benzene rings is 1. The van der Waals surface area contributed by atoms with E-state index in [9.17, 15) is 8.42 Å². The molecule has 0 aliphatic carbocycles. The van der Waals surface area contributed by atoms with Gasteiger partial charge in [-0.3, -0.25) is 0 Å². The minimum absolute atomic E-state index is 0.169. The van der Waals surface area contributed by atoms with E-state index in [0.29, 0.717) is 6.04 Å². The lowest BCUT2D eigenvalue weighted by atomic mass is 9.93. The summed E-state index contributed by atoms with van der Waals surface area (Å²) < 4.78 is 22.5. The smallest absolute Gasteiger partial charge is 0.238 e. The van der Waals surface area contributed by atoms with E-state index >= 15 is 0 Å². The Morgan fingerprint density at radius 2 is 1.90 bits per heavy atom. The van der Waals surface area contributed by atoms with Crippen molar-refractivity contribution in [2.45, 2.75) is 36.7 Å². The van der Waals surface area contributed by atoms with Crippen molar-refractivity contribution in [3.63, 3.8) is 0 Å². The average molecular weight is 309 g/mol. The number of nitrogens with zero attached hydrogens (tertiary/aromatic N) is 1. The van der Waals surface area contributed by atoms with Gasteiger partial charge >= 0.3 is 0 Å². The van der Waals surface area contributed by atoms with Crippen molar-refractivity contribution in [3.05, 3.63) is 29.8 Å². The Kier molecular flexibility index (Phi) is 4.05. The zero-order chi connectivity index (χ0) is 15.0. The molecule has 5 nitrogen and oxygen atoms in total. The molecule has 3 rings (SSSR count). The quantitative estimate of drug-likeness (QED) is 0.872. The Morgan fingerprint density at radius 1 is 1.24 bits per heavy atom. The first-order valence-electron chi connectivity index (χ1n) is 7.54. The molecule has 116 valence electrons. The summed E-state index contributed by atoms with van der Waals surface area (Å²) in [5, 5.41) is 8.84. The van der Waals surface area contributed by atoms with Gasteiger partial charge in [0, 0.05) is 18.6 Å². The number of sulfonamides is 1. The number of nitrogens with one attached hydrogen (secondary N) is 1. The van der Waals surface area contributed by atoms with Crippen LogP contribution in [0.3, 0.4) is 0 Å². The van der Waals surface area contributed by atoms with Crippen LogP contribution in [0.4, 0.5) is 0 Å². The van der Waals surface area contributed by atoms with Gasteiger partial charge in [-0.1, -0.05) is 12.1 Å². The van der Waals surface area contributed by atoms with Crippen LogP contribution >= 0.6 is 0 Å². The number of fused-ring (bicyclic) bond motifs is 2. The Balaban J connectivity index is 1.66. The Hall–Kier alpha value is -0.950. The molecular weight excluding hydrogens is 286 g/mol. The summed E-state index contributed by atoms with van der Waals surface area (Å²) in [5.74, 6) is 0.755. The predicted molar refractivity (Wildman–Crippen MR) is 82.3 cm³/mol. The molecule has 0 saturated carbocycles. The molecule has 0 spiro atoms. The van der Waals surface area contributed by atoms with Crippen LogP contribution in [0.1, 0.15) is 31.4 Å². The highest BCUT2D eigenvalue weighted by molar-refractivity contribution is 7.89. The van der Waals surface area contributed by atoms with E-state index in [0.717, 1.165) is 11.5 Å². The lowest BCUT2D eigenvalue weighted by Gasteiger charge is -2.33. The molecule has 21 heavy (non-hydrogen) atoms. The molecule has 0 amide bonds. The minimum atomic E-state index is -3.61. The highest BCUT2D eigenvalue weighted by Gasteiger charge is 2.34. The lowest BCUT2D eigenvalue weighted by Crippen LogP contribution is -2.44. The summed E-state index contributed by atoms with van der Waals surface area (Å²) in [5.41, 5.74) is 1.10. The van der Waals surface area contributed by atoms with Crippen LogP contribution in [0, 0.1) is 5.92 Å². The zero-order valence-corrected chi connectivity index (χ0v) is 13.1. The molecule has 2 bridgehead atoms. The third-order valence-electron chi connectivity index (χ3n) is 4.81. The van der Waals surface area contributed by atoms with Crippen molar-refractivity contribution in [1.29, 1.82) is 0 Å². The minimum Gasteiger partial charge on any atom is -0.307 e. The Labute approximate surface area is 126 Å². The first kappa shape index (κ1) is 15.0. The van der Waals surface area contributed by atoms with Crippen molar-refractivity contribution in [2.75, 3.05) is 19.6 Å². The van der Waals surface area contributed by atoms with E-state index in [2.05, 4.69) is 17.1 Å². The molecule has 0 aromatic heterocycles. The molecule has 2 aliphatic heterocycles. The second-order valence-corrected chi connectivity index (χ2v) is 7.81. The van der Waals surface area contributed by atoms with Gasteiger partial charge in [0.15, 0.2) is 0 Å². The maximum absolute atomic E-state index is 11.3. The van der Waals surface area contributed by atoms with E-state index in [-0.39, 0.29) is 10.9 Å². The Morgan fingerprint density at radius 3 is 2.57 bits per heavy atom. The molecule has 1 aromatic rings. The number of nitrogens with two attached hydrogens (primary N) is 1. The summed E-state index contributed by atoms with van der Waals surface area (Å²) in [6, 6.07) is 7.65. The second kappa shape index (κ2) is 5.68. The zero-order valence-electron chi connectivity index (χ0n) is 12.3. The van der Waals surface area contributed by atoms with Crippen LogP contribution in [0.5, 0.6) is 0 Å². The predicted octanol–water partition coefficient (Wildman–Crippen LogP) is 1.08. The molecule has 0 radical (unpaired) electrons. The molecule has 3 N–H and O–H groups in total. The summed E-state index contributed by atoms with van der Waals surface area (Å²) in [7, 11) is -3.61. The van der Waals surface area contributed by atoms with Crippen LogP contribution in [-0.2, 0) is 10.0 Å². The highest BCUT2D eigenvalue weighted by atomic mass is 32.2. The van der Waals surface area contributed by atoms with Gasteiger partial charge in [-0.25, -0.2) is 13.6 Å². The number of hydrogen-bond donors (Lipinski definition) is 2. The summed E-state index contributed by atoms with van der Waals surface area (Å²) in [6.45, 7) is 5.77. The second-order valence-electron chi connectivity index (χ2n) is 6.25. The van der Waals surface area contributed by atoms with Crippen molar-refractivity contribution < 1.29 is 8.42 Å². The van der Waals surface area contributed by atoms with Gasteiger partial charge in [-0.05, 0) is 56.5 Å². The van der Waals surface area contributed by atoms with Crippen LogP contribution in [-0.4, -0.2) is 39.0 Å². The Bertz CT molecular complexity index is 600. The van der Waals surface area contributed by atoms with E-state index in [4.69, 9.17) is 5.14 Å². The van der Waals surface area contributed by atoms with Gasteiger partial charge in [0.2, 0.25) is 10.0 Å². The molecule has 1 aromatic carbocycles. The first-order valence-corrected chi connectivity index (χ1v) is 9.09. The lowest BCUT2D eigenvalue weighted by molar-refractivity contribution is 0.212. The van der Waals surface area contributed by atoms with E-state index in [1.54, 1.807) is 12.1 Å². The van der Waals surface area contributed by atoms with Crippen LogP contribution < -0.4 is 10.5 Å². The fourth-order valence-corrected chi connectivity index (χ4v) is 4.05. The molecule has 2 saturated heterocycles. The fraction of sp³-hybridized carbons (Fsp3) is 0.600. The van der Waals surface area contributed by atoms with Crippen LogP contribution in [0.2, 0.25) is 0 Å². The third-order valence-corrected chi connectivity index (χ3v) is 5.74. The normalized spacial score (nSPS) is 30.3. The molecule has 2 fully saturated rings. The van der Waals surface area contributed by atoms with Gasteiger partial charge in [0.25, 0.3) is 0 Å². The summed E-state index contributed by atoms with van der Waals surface area (Å²) in [6.07, 6.45) is 2.49. The van der Waals surface area contributed by atoms with Gasteiger partial charge in [-0.2, -0.15) is 0 Å². The van der Waals surface area contributed by atoms with Crippen molar-refractivity contribution in [3.8, 4) is 0 Å². The van der Waals surface area contributed by atoms with Crippen molar-refractivity contribution in [2.24, 2.45) is 11.1 Å². The molecule has 6 heteroatoms. The maximum Gasteiger partial charge on any atom is 0.238 e. The third kappa shape index (κ3) is 3.29. The first-order chi connectivity index (χ1) is 9.93. The standard InChI is InChI=1S/C15H23N3O2S/c1-11(12-2-4-14(5-3-12)21(16,19)20)17-15-7-9-18-8-6-13(15)10-18/h2-5,11,13,15,17H,6-10H2,1H3,(H2,16,19,20). The van der Waals surface area contributed by atoms with Crippen LogP contribution in [0.15, 0.2) is 29.2 Å². The molecule has 2 heterocycles. The van der Waals surface area contributed by atoms with Gasteiger partial charge in [-0.15, -0.1) is 0 Å². The monoisotopic (exact) mass is 309 g/mol. The van der Waals surface area contributed by atoms with Gasteiger partial charge in [0.1, 0.15) is 0 Å². The van der Waals surface area contributed by atoms with E-state index in [1.165, 1.54) is 32.5 Å². The van der Waals surface area contributed by atoms with Crippen molar-refractivity contribution in [1.82, 2.24) is 10.2 Å². The number of rotatable bonds is 4. The summed E-state index contributed by atoms with van der Waals surface area (Å²) in [4.78, 5) is 2.71. The average Bonchev–Trinajstić information content (AvgIpc) is 2.84. The maximum atomic E-state index is 11.3. The van der Waals surface area contributed by atoms with E-state index in [1.807, 2.05) is 12.1 Å². The summed E-state index contributed by atoms with van der Waals surface area (Å²) >= 11 is 0. The van der Waals surface area contributed by atoms with Gasteiger partial charge < -0.3 is 10.2 Å². The highest BCUT2D eigenvalue weighted by Crippen LogP contribution is 2.29. The fourth-order valence-electron chi connectivity index (χ4n) is 3.53. The molecule has 4 atom stereocenters. The molecule has 4 unspecified atom stereocenters.